The van der Waals surface area contributed by atoms with Crippen LogP contribution in [0.25, 0.3) is 0 Å². The van der Waals surface area contributed by atoms with E-state index in [1.165, 1.54) is 0 Å². The van der Waals surface area contributed by atoms with Gasteiger partial charge >= 0.3 is 0 Å². The summed E-state index contributed by atoms with van der Waals surface area (Å²) in [6, 6.07) is 21.3. The van der Waals surface area contributed by atoms with Crippen LogP contribution in [0.15, 0.2) is 72.8 Å². The van der Waals surface area contributed by atoms with Gasteiger partial charge in [0.05, 0.1) is 0 Å². The fourth-order valence-corrected chi connectivity index (χ4v) is 2.93. The first-order valence-corrected chi connectivity index (χ1v) is 7.71. The van der Waals surface area contributed by atoms with Gasteiger partial charge in [0.2, 0.25) is 0 Å². The third-order valence-corrected chi connectivity index (χ3v) is 4.03. The molecule has 2 N–H and O–H groups in total. The van der Waals surface area contributed by atoms with Gasteiger partial charge in [0, 0.05) is 11.1 Å². The first-order valence-electron chi connectivity index (χ1n) is 7.71. The zero-order chi connectivity index (χ0) is 16.5. The highest BCUT2D eigenvalue weighted by molar-refractivity contribution is 5.44. The number of benzene rings is 3. The molecule has 4 heteroatoms. The van der Waals surface area contributed by atoms with Gasteiger partial charge in [-0.25, -0.2) is 0 Å². The van der Waals surface area contributed by atoms with Crippen molar-refractivity contribution in [1.29, 1.82) is 0 Å². The molecule has 3 aromatic carbocycles. The molecule has 0 saturated heterocycles. The summed E-state index contributed by atoms with van der Waals surface area (Å²) in [6.45, 7) is 0. The minimum absolute atomic E-state index is 0.171. The van der Waals surface area contributed by atoms with Crippen LogP contribution in [-0.4, -0.2) is 10.2 Å². The number of hydrogen-bond acceptors (Lipinski definition) is 4. The van der Waals surface area contributed by atoms with Crippen molar-refractivity contribution in [2.75, 3.05) is 0 Å². The summed E-state index contributed by atoms with van der Waals surface area (Å²) in [5, 5.41) is 19.6. The van der Waals surface area contributed by atoms with E-state index in [4.69, 9.17) is 9.47 Å². The van der Waals surface area contributed by atoms with Crippen LogP contribution >= 0.6 is 0 Å². The van der Waals surface area contributed by atoms with E-state index < -0.39 is 12.2 Å². The van der Waals surface area contributed by atoms with Crippen LogP contribution in [0.3, 0.4) is 0 Å². The normalized spacial score (nSPS) is 19.0. The summed E-state index contributed by atoms with van der Waals surface area (Å²) in [4.78, 5) is 0. The van der Waals surface area contributed by atoms with Crippen molar-refractivity contribution in [3.63, 3.8) is 0 Å². The van der Waals surface area contributed by atoms with Crippen LogP contribution in [0.5, 0.6) is 23.0 Å². The molecule has 0 amide bonds. The first kappa shape index (κ1) is 14.5. The molecule has 0 saturated carbocycles. The Morgan fingerprint density at radius 3 is 1.46 bits per heavy atom. The maximum atomic E-state index is 9.80. The highest BCUT2D eigenvalue weighted by Gasteiger charge is 2.34. The van der Waals surface area contributed by atoms with Crippen LogP contribution in [0.4, 0.5) is 0 Å². The highest BCUT2D eigenvalue weighted by Crippen LogP contribution is 2.46. The van der Waals surface area contributed by atoms with Gasteiger partial charge in [0.1, 0.15) is 11.5 Å². The van der Waals surface area contributed by atoms with E-state index in [9.17, 15) is 10.2 Å². The second-order valence-electron chi connectivity index (χ2n) is 5.71. The Morgan fingerprint density at radius 1 is 0.583 bits per heavy atom. The summed E-state index contributed by atoms with van der Waals surface area (Å²) in [7, 11) is 0. The Bertz CT molecular complexity index is 802. The largest absolute Gasteiger partial charge is 0.508 e. The molecule has 0 fully saturated rings. The van der Waals surface area contributed by atoms with Gasteiger partial charge in [0.15, 0.2) is 23.7 Å². The summed E-state index contributed by atoms with van der Waals surface area (Å²) in [5.41, 5.74) is 1.61. The summed E-state index contributed by atoms with van der Waals surface area (Å²) in [6.07, 6.45) is -0.873. The molecule has 1 aliphatic heterocycles. The van der Waals surface area contributed by atoms with Crippen LogP contribution in [0.2, 0.25) is 0 Å². The third kappa shape index (κ3) is 2.63. The molecule has 2 atom stereocenters. The average molecular weight is 320 g/mol. The molecule has 0 bridgehead atoms. The second-order valence-corrected chi connectivity index (χ2v) is 5.71. The summed E-state index contributed by atoms with van der Waals surface area (Å²) < 4.78 is 12.3. The van der Waals surface area contributed by atoms with Crippen molar-refractivity contribution in [1.82, 2.24) is 0 Å². The quantitative estimate of drug-likeness (QED) is 0.737. The second kappa shape index (κ2) is 5.81. The molecule has 0 aromatic heterocycles. The molecular weight excluding hydrogens is 304 g/mol. The number of para-hydroxylation sites is 2. The van der Waals surface area contributed by atoms with Gasteiger partial charge in [-0.2, -0.15) is 0 Å². The van der Waals surface area contributed by atoms with E-state index in [1.807, 2.05) is 36.4 Å². The predicted molar refractivity (Wildman–Crippen MR) is 89.4 cm³/mol. The average Bonchev–Trinajstić information content (AvgIpc) is 2.60. The Balaban J connectivity index is 1.81. The van der Waals surface area contributed by atoms with Gasteiger partial charge in [-0.3, -0.25) is 0 Å². The van der Waals surface area contributed by atoms with Crippen LogP contribution in [0, 0.1) is 0 Å². The van der Waals surface area contributed by atoms with Gasteiger partial charge in [-0.05, 0) is 36.4 Å². The molecule has 1 aliphatic rings. The van der Waals surface area contributed by atoms with Crippen LogP contribution in [-0.2, 0) is 0 Å². The number of rotatable bonds is 2. The van der Waals surface area contributed by atoms with Gasteiger partial charge < -0.3 is 19.7 Å². The summed E-state index contributed by atoms with van der Waals surface area (Å²) in [5.74, 6) is 1.65. The Labute approximate surface area is 139 Å². The fraction of sp³-hybridized carbons (Fsp3) is 0.100. The first-order chi connectivity index (χ1) is 11.7. The van der Waals surface area contributed by atoms with E-state index in [1.54, 1.807) is 36.4 Å². The smallest absolute Gasteiger partial charge is 0.165 e. The van der Waals surface area contributed by atoms with E-state index in [-0.39, 0.29) is 11.5 Å². The van der Waals surface area contributed by atoms with E-state index in [0.29, 0.717) is 11.5 Å². The number of aromatic hydroxyl groups is 2. The minimum atomic E-state index is -0.436. The monoisotopic (exact) mass is 320 g/mol. The zero-order valence-electron chi connectivity index (χ0n) is 12.8. The molecule has 0 radical (unpaired) electrons. The van der Waals surface area contributed by atoms with Crippen molar-refractivity contribution >= 4 is 0 Å². The number of ether oxygens (including phenoxy) is 2. The Kier molecular flexibility index (Phi) is 3.50. The molecule has 4 rings (SSSR count). The molecular formula is C20H16O4. The van der Waals surface area contributed by atoms with Crippen LogP contribution < -0.4 is 9.47 Å². The third-order valence-electron chi connectivity index (χ3n) is 4.03. The van der Waals surface area contributed by atoms with Crippen molar-refractivity contribution in [2.45, 2.75) is 12.2 Å². The van der Waals surface area contributed by atoms with Crippen molar-refractivity contribution in [3.05, 3.63) is 83.9 Å². The maximum Gasteiger partial charge on any atom is 0.165 e. The number of phenolic OH excluding ortho intramolecular Hbond substituents is 2. The lowest BCUT2D eigenvalue weighted by molar-refractivity contribution is 0.0182. The molecule has 3 aromatic rings. The van der Waals surface area contributed by atoms with Gasteiger partial charge in [-0.15, -0.1) is 0 Å². The van der Waals surface area contributed by atoms with Crippen LogP contribution in [0.1, 0.15) is 23.3 Å². The maximum absolute atomic E-state index is 9.80. The molecule has 0 aliphatic carbocycles. The zero-order valence-corrected chi connectivity index (χ0v) is 12.8. The lowest BCUT2D eigenvalue weighted by Crippen LogP contribution is -2.26. The topological polar surface area (TPSA) is 58.9 Å². The van der Waals surface area contributed by atoms with Gasteiger partial charge in [-0.1, -0.05) is 36.4 Å². The van der Waals surface area contributed by atoms with Crippen molar-refractivity contribution in [3.8, 4) is 23.0 Å². The molecule has 0 unspecified atom stereocenters. The number of hydrogen-bond donors (Lipinski definition) is 2. The fourth-order valence-electron chi connectivity index (χ4n) is 2.93. The van der Waals surface area contributed by atoms with E-state index in [0.717, 1.165) is 11.1 Å². The van der Waals surface area contributed by atoms with E-state index in [2.05, 4.69) is 0 Å². The lowest BCUT2D eigenvalue weighted by Gasteiger charge is -2.34. The lowest BCUT2D eigenvalue weighted by atomic mass is 9.96. The highest BCUT2D eigenvalue weighted by atomic mass is 16.6. The number of phenols is 2. The van der Waals surface area contributed by atoms with Crippen molar-refractivity contribution < 1.29 is 19.7 Å². The summed E-state index contributed by atoms with van der Waals surface area (Å²) >= 11 is 0. The van der Waals surface area contributed by atoms with Gasteiger partial charge in [0.25, 0.3) is 0 Å². The molecule has 1 heterocycles. The minimum Gasteiger partial charge on any atom is -0.508 e. The number of fused-ring (bicyclic) bond motifs is 1. The Hall–Kier alpha value is -3.14. The molecule has 0 spiro atoms. The van der Waals surface area contributed by atoms with Crippen molar-refractivity contribution in [2.24, 2.45) is 0 Å². The predicted octanol–water partition coefficient (Wildman–Crippen LogP) is 4.35. The standard InChI is InChI=1S/C20H16O4/c21-15-7-3-5-13(11-15)19-20(14-6-4-8-16(22)12-14)24-18-10-2-1-9-17(18)23-19/h1-12,19-22H/t19-,20-/m0/s1. The molecule has 4 nitrogen and oxygen atoms in total. The molecule has 120 valence electrons. The Morgan fingerprint density at radius 2 is 1.04 bits per heavy atom. The SMILES string of the molecule is Oc1cccc([C@@H]2Oc3ccccc3O[C@H]2c2cccc(O)c2)c1. The van der Waals surface area contributed by atoms with E-state index >= 15 is 0 Å². The molecule has 24 heavy (non-hydrogen) atoms.